The highest BCUT2D eigenvalue weighted by Crippen LogP contribution is 2.21. The Morgan fingerprint density at radius 2 is 1.93 bits per heavy atom. The number of anilines is 1. The molecule has 0 atom stereocenters. The zero-order valence-corrected chi connectivity index (χ0v) is 15.5. The van der Waals surface area contributed by atoms with Gasteiger partial charge in [-0.3, -0.25) is 0 Å². The smallest absolute Gasteiger partial charge is 0.236 e. The molecule has 0 spiro atoms. The Balaban J connectivity index is 1.63. The highest BCUT2D eigenvalue weighted by molar-refractivity contribution is 6.30. The van der Waals surface area contributed by atoms with E-state index in [4.69, 9.17) is 25.5 Å². The number of rotatable bonds is 8. The third-order valence-corrected chi connectivity index (χ3v) is 3.96. The molecule has 1 heterocycles. The maximum atomic E-state index is 9.27. The van der Waals surface area contributed by atoms with Gasteiger partial charge in [-0.05, 0) is 35.4 Å². The Bertz CT molecular complexity index is 932. The second-order valence-corrected chi connectivity index (χ2v) is 6.18. The maximum absolute atomic E-state index is 9.27. The van der Waals surface area contributed by atoms with E-state index in [9.17, 15) is 5.26 Å². The highest BCUT2D eigenvalue weighted by Gasteiger charge is 2.13. The first-order valence-electron chi connectivity index (χ1n) is 8.26. The SMILES string of the molecule is COCc1cccc(CNc2oc(COc3ccc(Cl)cc3)nc2C#N)c1. The number of aromatic nitrogens is 1. The molecule has 1 aromatic heterocycles. The summed E-state index contributed by atoms with van der Waals surface area (Å²) in [5, 5.41) is 13.0. The molecule has 0 radical (unpaired) electrons. The fourth-order valence-corrected chi connectivity index (χ4v) is 2.60. The van der Waals surface area contributed by atoms with Gasteiger partial charge >= 0.3 is 0 Å². The quantitative estimate of drug-likeness (QED) is 0.615. The molecule has 6 nitrogen and oxygen atoms in total. The maximum Gasteiger partial charge on any atom is 0.236 e. The standard InChI is InChI=1S/C20H18ClN3O3/c1-25-12-15-4-2-3-14(9-15)11-23-20-18(10-22)24-19(27-20)13-26-17-7-5-16(21)6-8-17/h2-9,23H,11-13H2,1H3. The molecule has 7 heteroatoms. The van der Waals surface area contributed by atoms with Crippen molar-refractivity contribution in [1.29, 1.82) is 5.26 Å². The topological polar surface area (TPSA) is 80.3 Å². The van der Waals surface area contributed by atoms with Crippen LogP contribution in [-0.4, -0.2) is 12.1 Å². The van der Waals surface area contributed by atoms with Crippen LogP contribution in [0.4, 0.5) is 5.88 Å². The molecule has 27 heavy (non-hydrogen) atoms. The predicted molar refractivity (Wildman–Crippen MR) is 101 cm³/mol. The first-order valence-corrected chi connectivity index (χ1v) is 8.64. The van der Waals surface area contributed by atoms with E-state index < -0.39 is 0 Å². The molecule has 1 N–H and O–H groups in total. The van der Waals surface area contributed by atoms with E-state index in [1.807, 2.05) is 30.3 Å². The normalized spacial score (nSPS) is 10.4. The summed E-state index contributed by atoms with van der Waals surface area (Å²) < 4.78 is 16.4. The van der Waals surface area contributed by atoms with Crippen molar-refractivity contribution in [2.24, 2.45) is 0 Å². The van der Waals surface area contributed by atoms with Gasteiger partial charge in [-0.15, -0.1) is 0 Å². The summed E-state index contributed by atoms with van der Waals surface area (Å²) in [5.74, 6) is 1.28. The van der Waals surface area contributed by atoms with E-state index in [1.165, 1.54) is 0 Å². The average Bonchev–Trinajstić information content (AvgIpc) is 3.09. The van der Waals surface area contributed by atoms with Crippen LogP contribution in [0.5, 0.6) is 5.75 Å². The van der Waals surface area contributed by atoms with Crippen LogP contribution in [0.3, 0.4) is 0 Å². The minimum absolute atomic E-state index is 0.112. The molecule has 0 aliphatic heterocycles. The second-order valence-electron chi connectivity index (χ2n) is 5.75. The largest absolute Gasteiger partial charge is 0.484 e. The second kappa shape index (κ2) is 9.08. The summed E-state index contributed by atoms with van der Waals surface area (Å²) in [4.78, 5) is 4.16. The van der Waals surface area contributed by atoms with Gasteiger partial charge in [-0.1, -0.05) is 35.9 Å². The lowest BCUT2D eigenvalue weighted by Crippen LogP contribution is -2.01. The van der Waals surface area contributed by atoms with Crippen molar-refractivity contribution in [2.75, 3.05) is 12.4 Å². The molecular weight excluding hydrogens is 366 g/mol. The minimum Gasteiger partial charge on any atom is -0.484 e. The summed E-state index contributed by atoms with van der Waals surface area (Å²) in [6.07, 6.45) is 0. The molecule has 0 saturated heterocycles. The number of nitrogens with one attached hydrogen (secondary N) is 1. The number of methoxy groups -OCH3 is 1. The van der Waals surface area contributed by atoms with Crippen LogP contribution >= 0.6 is 11.6 Å². The molecule has 0 saturated carbocycles. The van der Waals surface area contributed by atoms with Crippen molar-refractivity contribution in [1.82, 2.24) is 4.98 Å². The first-order chi connectivity index (χ1) is 13.2. The van der Waals surface area contributed by atoms with Gasteiger partial charge in [-0.2, -0.15) is 10.2 Å². The lowest BCUT2D eigenvalue weighted by Gasteiger charge is -2.06. The van der Waals surface area contributed by atoms with E-state index in [1.54, 1.807) is 31.4 Å². The third-order valence-electron chi connectivity index (χ3n) is 3.71. The molecular formula is C20H18ClN3O3. The molecule has 0 amide bonds. The van der Waals surface area contributed by atoms with Crippen molar-refractivity contribution in [3.63, 3.8) is 0 Å². The predicted octanol–water partition coefficient (Wildman–Crippen LogP) is 4.54. The van der Waals surface area contributed by atoms with E-state index in [0.717, 1.165) is 11.1 Å². The molecule has 138 valence electrons. The molecule has 0 bridgehead atoms. The van der Waals surface area contributed by atoms with E-state index >= 15 is 0 Å². The van der Waals surface area contributed by atoms with Gasteiger partial charge < -0.3 is 19.2 Å². The van der Waals surface area contributed by atoms with Crippen molar-refractivity contribution in [2.45, 2.75) is 19.8 Å². The lowest BCUT2D eigenvalue weighted by atomic mass is 10.1. The van der Waals surface area contributed by atoms with Gasteiger partial charge in [0.1, 0.15) is 11.8 Å². The van der Waals surface area contributed by atoms with Crippen molar-refractivity contribution in [3.05, 3.63) is 76.3 Å². The first kappa shape index (κ1) is 18.8. The van der Waals surface area contributed by atoms with Crippen LogP contribution in [0.25, 0.3) is 0 Å². The monoisotopic (exact) mass is 383 g/mol. The number of nitrogens with zero attached hydrogens (tertiary/aromatic N) is 2. The number of halogens is 1. The van der Waals surface area contributed by atoms with Crippen LogP contribution in [-0.2, 0) is 24.5 Å². The van der Waals surface area contributed by atoms with Crippen LogP contribution in [0.15, 0.2) is 52.9 Å². The van der Waals surface area contributed by atoms with Gasteiger partial charge in [0, 0.05) is 18.7 Å². The van der Waals surface area contributed by atoms with E-state index in [-0.39, 0.29) is 12.3 Å². The van der Waals surface area contributed by atoms with Crippen LogP contribution in [0.2, 0.25) is 5.02 Å². The number of oxazole rings is 1. The van der Waals surface area contributed by atoms with Crippen LogP contribution in [0.1, 0.15) is 22.7 Å². The number of hydrogen-bond donors (Lipinski definition) is 1. The average molecular weight is 384 g/mol. The lowest BCUT2D eigenvalue weighted by molar-refractivity contribution is 0.185. The van der Waals surface area contributed by atoms with Gasteiger partial charge in [0.2, 0.25) is 17.5 Å². The van der Waals surface area contributed by atoms with E-state index in [2.05, 4.69) is 10.3 Å². The number of hydrogen-bond acceptors (Lipinski definition) is 6. The minimum atomic E-state index is 0.112. The summed E-state index contributed by atoms with van der Waals surface area (Å²) in [7, 11) is 1.66. The molecule has 0 fully saturated rings. The molecule has 0 aliphatic rings. The number of ether oxygens (including phenoxy) is 2. The Morgan fingerprint density at radius 1 is 1.15 bits per heavy atom. The zero-order valence-electron chi connectivity index (χ0n) is 14.7. The Morgan fingerprint density at radius 3 is 2.67 bits per heavy atom. The van der Waals surface area contributed by atoms with Gasteiger partial charge in [0.05, 0.1) is 6.61 Å². The van der Waals surface area contributed by atoms with Crippen molar-refractivity contribution >= 4 is 17.5 Å². The third kappa shape index (κ3) is 5.23. The molecule has 2 aromatic carbocycles. The fraction of sp³-hybridized carbons (Fsp3) is 0.200. The Hall–Kier alpha value is -3.01. The summed E-state index contributed by atoms with van der Waals surface area (Å²) >= 11 is 5.85. The highest BCUT2D eigenvalue weighted by atomic mass is 35.5. The summed E-state index contributed by atoms with van der Waals surface area (Å²) in [5.41, 5.74) is 2.31. The van der Waals surface area contributed by atoms with Crippen LogP contribution in [0, 0.1) is 11.3 Å². The number of nitriles is 1. The summed E-state index contributed by atoms with van der Waals surface area (Å²) in [6, 6.07) is 17.0. The van der Waals surface area contributed by atoms with Gasteiger partial charge in [0.15, 0.2) is 6.61 Å². The zero-order chi connectivity index (χ0) is 19.1. The summed E-state index contributed by atoms with van der Waals surface area (Å²) in [6.45, 7) is 1.16. The Kier molecular flexibility index (Phi) is 6.31. The van der Waals surface area contributed by atoms with Crippen LogP contribution < -0.4 is 10.1 Å². The van der Waals surface area contributed by atoms with Gasteiger partial charge in [-0.25, -0.2) is 0 Å². The fourth-order valence-electron chi connectivity index (χ4n) is 2.48. The Labute approximate surface area is 162 Å². The van der Waals surface area contributed by atoms with Gasteiger partial charge in [0.25, 0.3) is 0 Å². The molecule has 3 aromatic rings. The molecule has 3 rings (SSSR count). The van der Waals surface area contributed by atoms with Crippen molar-refractivity contribution < 1.29 is 13.9 Å². The van der Waals surface area contributed by atoms with E-state index in [0.29, 0.717) is 35.7 Å². The molecule has 0 unspecified atom stereocenters. The van der Waals surface area contributed by atoms with Crippen molar-refractivity contribution in [3.8, 4) is 11.8 Å². The molecule has 0 aliphatic carbocycles. The number of benzene rings is 2.